The molecule has 1 N–H and O–H groups in total. The normalized spacial score (nSPS) is 15.1. The van der Waals surface area contributed by atoms with Crippen molar-refractivity contribution in [3.05, 3.63) is 82.6 Å². The molecule has 1 aromatic heterocycles. The van der Waals surface area contributed by atoms with Gasteiger partial charge in [0.1, 0.15) is 4.60 Å². The second kappa shape index (κ2) is 8.14. The summed E-state index contributed by atoms with van der Waals surface area (Å²) < 4.78 is 40.5. The second-order valence-electron chi connectivity index (χ2n) is 6.70. The number of nitrogens with one attached hydrogen (secondary N) is 1. The first-order valence-electron chi connectivity index (χ1n) is 9.03. The van der Waals surface area contributed by atoms with Crippen LogP contribution in [-0.2, 0) is 10.0 Å². The molecule has 1 aliphatic rings. The van der Waals surface area contributed by atoms with Crippen LogP contribution in [0.25, 0.3) is 0 Å². The van der Waals surface area contributed by atoms with Gasteiger partial charge < -0.3 is 9.47 Å². The Hall–Kier alpha value is -2.42. The van der Waals surface area contributed by atoms with Crippen LogP contribution in [0.1, 0.15) is 30.1 Å². The van der Waals surface area contributed by atoms with Gasteiger partial charge in [-0.1, -0.05) is 37.3 Å². The van der Waals surface area contributed by atoms with E-state index in [9.17, 15) is 8.42 Å². The number of nitrogens with zero attached hydrogens (tertiary/aromatic N) is 1. The maximum atomic E-state index is 13.1. The Morgan fingerprint density at radius 2 is 1.76 bits per heavy atom. The Morgan fingerprint density at radius 1 is 1.00 bits per heavy atom. The maximum Gasteiger partial charge on any atom is 0.241 e. The molecule has 150 valence electrons. The van der Waals surface area contributed by atoms with Gasteiger partial charge >= 0.3 is 0 Å². The topological polar surface area (TPSA) is 77.5 Å². The Kier molecular flexibility index (Phi) is 5.58. The number of fused-ring (bicyclic) bond motifs is 1. The summed E-state index contributed by atoms with van der Waals surface area (Å²) in [4.78, 5) is 4.73. The van der Waals surface area contributed by atoms with Crippen LogP contribution in [0.4, 0.5) is 0 Å². The number of hydrogen-bond donors (Lipinski definition) is 1. The molecular formula is C21H19BrN2O4S. The standard InChI is InChI=1S/C21H19BrN2O4S/c1-14(17-8-5-9-20(22)23-17)21(15-10-11-18-19(12-15)28-13-27-18)24-29(25,26)16-6-3-2-4-7-16/h2-12,14,21,24H,13H2,1H3/t14-,21+/m0/s1. The van der Waals surface area contributed by atoms with Gasteiger partial charge in [-0.05, 0) is 57.9 Å². The smallest absolute Gasteiger partial charge is 0.241 e. The van der Waals surface area contributed by atoms with Crippen molar-refractivity contribution in [3.63, 3.8) is 0 Å². The van der Waals surface area contributed by atoms with Gasteiger partial charge in [0.2, 0.25) is 16.8 Å². The molecule has 3 aromatic rings. The molecule has 0 aliphatic carbocycles. The predicted octanol–water partition coefficient (Wildman–Crippen LogP) is 4.40. The van der Waals surface area contributed by atoms with Crippen LogP contribution in [-0.4, -0.2) is 20.2 Å². The molecule has 6 nitrogen and oxygen atoms in total. The first kappa shape index (κ1) is 19.9. The lowest BCUT2D eigenvalue weighted by Crippen LogP contribution is -2.32. The van der Waals surface area contributed by atoms with Gasteiger partial charge in [0.05, 0.1) is 10.9 Å². The highest BCUT2D eigenvalue weighted by molar-refractivity contribution is 9.10. The van der Waals surface area contributed by atoms with Gasteiger partial charge in [0.25, 0.3) is 0 Å². The third-order valence-corrected chi connectivity index (χ3v) is 6.69. The summed E-state index contributed by atoms with van der Waals surface area (Å²) in [5.74, 6) is 0.999. The molecule has 0 bridgehead atoms. The molecule has 0 fully saturated rings. The second-order valence-corrected chi connectivity index (χ2v) is 9.23. The molecule has 2 heterocycles. The minimum atomic E-state index is -3.75. The van der Waals surface area contributed by atoms with E-state index >= 15 is 0 Å². The van der Waals surface area contributed by atoms with Gasteiger partial charge in [-0.25, -0.2) is 18.1 Å². The number of hydrogen-bond acceptors (Lipinski definition) is 5. The number of rotatable bonds is 6. The third kappa shape index (κ3) is 4.29. The van der Waals surface area contributed by atoms with Crippen molar-refractivity contribution >= 4 is 26.0 Å². The summed E-state index contributed by atoms with van der Waals surface area (Å²) >= 11 is 3.39. The largest absolute Gasteiger partial charge is 0.454 e. The highest BCUT2D eigenvalue weighted by atomic mass is 79.9. The summed E-state index contributed by atoms with van der Waals surface area (Å²) in [7, 11) is -3.75. The highest BCUT2D eigenvalue weighted by Gasteiger charge is 2.29. The molecule has 0 amide bonds. The van der Waals surface area contributed by atoms with Gasteiger partial charge in [0.15, 0.2) is 11.5 Å². The number of aromatic nitrogens is 1. The zero-order valence-electron chi connectivity index (χ0n) is 15.6. The molecule has 4 rings (SSSR count). The summed E-state index contributed by atoms with van der Waals surface area (Å²) in [5, 5.41) is 0. The number of halogens is 1. The fraction of sp³-hybridized carbons (Fsp3) is 0.190. The van der Waals surface area contributed by atoms with Crippen molar-refractivity contribution in [2.75, 3.05) is 6.79 Å². The molecule has 29 heavy (non-hydrogen) atoms. The van der Waals surface area contributed by atoms with Crippen LogP contribution in [0.2, 0.25) is 0 Å². The Bertz CT molecular complexity index is 1120. The average molecular weight is 475 g/mol. The molecule has 0 unspecified atom stereocenters. The van der Waals surface area contributed by atoms with Gasteiger partial charge in [-0.2, -0.15) is 0 Å². The van der Waals surface area contributed by atoms with Gasteiger partial charge in [-0.15, -0.1) is 0 Å². The quantitative estimate of drug-likeness (QED) is 0.535. The van der Waals surface area contributed by atoms with E-state index < -0.39 is 16.1 Å². The van der Waals surface area contributed by atoms with Crippen LogP contribution in [0.5, 0.6) is 11.5 Å². The molecule has 2 atom stereocenters. The van der Waals surface area contributed by atoms with E-state index in [-0.39, 0.29) is 17.6 Å². The van der Waals surface area contributed by atoms with Crippen molar-refractivity contribution in [3.8, 4) is 11.5 Å². The number of sulfonamides is 1. The third-order valence-electron chi connectivity index (χ3n) is 4.79. The Morgan fingerprint density at radius 3 is 2.52 bits per heavy atom. The summed E-state index contributed by atoms with van der Waals surface area (Å²) in [6.45, 7) is 2.10. The molecule has 8 heteroatoms. The average Bonchev–Trinajstić information content (AvgIpc) is 3.20. The predicted molar refractivity (Wildman–Crippen MR) is 112 cm³/mol. The van der Waals surface area contributed by atoms with E-state index in [0.717, 1.165) is 11.3 Å². The molecule has 0 saturated heterocycles. The van der Waals surface area contributed by atoms with Crippen molar-refractivity contribution in [1.82, 2.24) is 9.71 Å². The number of benzene rings is 2. The van der Waals surface area contributed by atoms with Gasteiger partial charge in [-0.3, -0.25) is 0 Å². The van der Waals surface area contributed by atoms with Crippen LogP contribution in [0, 0.1) is 0 Å². The molecular weight excluding hydrogens is 456 g/mol. The Labute approximate surface area is 178 Å². The minimum Gasteiger partial charge on any atom is -0.454 e. The van der Waals surface area contributed by atoms with E-state index in [1.165, 1.54) is 0 Å². The summed E-state index contributed by atoms with van der Waals surface area (Å²) in [6.07, 6.45) is 0. The summed E-state index contributed by atoms with van der Waals surface area (Å²) in [5.41, 5.74) is 1.53. The van der Waals surface area contributed by atoms with Gasteiger partial charge in [0, 0.05) is 11.6 Å². The summed E-state index contributed by atoms with van der Waals surface area (Å²) in [6, 6.07) is 18.8. The minimum absolute atomic E-state index is 0.155. The zero-order valence-corrected chi connectivity index (χ0v) is 18.0. The monoisotopic (exact) mass is 474 g/mol. The van der Waals surface area contributed by atoms with E-state index in [2.05, 4.69) is 25.6 Å². The van der Waals surface area contributed by atoms with Crippen molar-refractivity contribution in [2.45, 2.75) is 23.8 Å². The fourth-order valence-corrected chi connectivity index (χ4v) is 4.93. The lowest BCUT2D eigenvalue weighted by molar-refractivity contribution is 0.174. The molecule has 0 saturated carbocycles. The first-order valence-corrected chi connectivity index (χ1v) is 11.3. The van der Waals surface area contributed by atoms with Crippen LogP contribution in [0.15, 0.2) is 76.2 Å². The number of ether oxygens (including phenoxy) is 2. The fourth-order valence-electron chi connectivity index (χ4n) is 3.25. The molecule has 1 aliphatic heterocycles. The van der Waals surface area contributed by atoms with Crippen molar-refractivity contribution in [1.29, 1.82) is 0 Å². The maximum absolute atomic E-state index is 13.1. The van der Waals surface area contributed by atoms with E-state index in [4.69, 9.17) is 9.47 Å². The lowest BCUT2D eigenvalue weighted by atomic mass is 9.92. The SMILES string of the molecule is C[C@@H](c1cccc(Br)n1)[C@@H](NS(=O)(=O)c1ccccc1)c1ccc2c(c1)OCO2. The molecule has 2 aromatic carbocycles. The lowest BCUT2D eigenvalue weighted by Gasteiger charge is -2.25. The zero-order chi connectivity index (χ0) is 20.4. The molecule has 0 radical (unpaired) electrons. The van der Waals surface area contributed by atoms with Crippen LogP contribution >= 0.6 is 15.9 Å². The number of pyridine rings is 1. The highest BCUT2D eigenvalue weighted by Crippen LogP contribution is 2.38. The van der Waals surface area contributed by atoms with E-state index in [1.807, 2.05) is 37.3 Å². The molecule has 0 spiro atoms. The first-order chi connectivity index (χ1) is 13.9. The van der Waals surface area contributed by atoms with E-state index in [0.29, 0.717) is 16.1 Å². The van der Waals surface area contributed by atoms with Crippen molar-refractivity contribution in [2.24, 2.45) is 0 Å². The van der Waals surface area contributed by atoms with Crippen molar-refractivity contribution < 1.29 is 17.9 Å². The van der Waals surface area contributed by atoms with Crippen LogP contribution < -0.4 is 14.2 Å². The Balaban J connectivity index is 1.75. The van der Waals surface area contributed by atoms with E-state index in [1.54, 1.807) is 36.4 Å². The van der Waals surface area contributed by atoms with Crippen LogP contribution in [0.3, 0.4) is 0 Å².